The quantitative estimate of drug-likeness (QED) is 0.405. The van der Waals surface area contributed by atoms with Gasteiger partial charge in [0.25, 0.3) is 0 Å². The summed E-state index contributed by atoms with van der Waals surface area (Å²) >= 11 is 35.3. The summed E-state index contributed by atoms with van der Waals surface area (Å²) in [5.74, 6) is 0.208. The number of hydrogen-bond donors (Lipinski definition) is 4. The normalized spacial score (nSPS) is 33.5. The Kier molecular flexibility index (Phi) is 8.79. The van der Waals surface area contributed by atoms with Crippen molar-refractivity contribution in [1.82, 2.24) is 15.0 Å². The molecule has 0 atom stereocenters. The summed E-state index contributed by atoms with van der Waals surface area (Å²) in [4.78, 5) is 10.8. The highest BCUT2D eigenvalue weighted by Gasteiger charge is 2.46. The number of alkyl halides is 6. The molecule has 1 aromatic rings. The molecule has 6 N–H and O–H groups in total. The van der Waals surface area contributed by atoms with E-state index in [1.165, 1.54) is 0 Å². The Morgan fingerprint density at radius 3 is 1.30 bits per heavy atom. The number of anilines is 3. The molecule has 2 rings (SSSR count). The first-order valence-electron chi connectivity index (χ1n) is 6.15. The van der Waals surface area contributed by atoms with Crippen LogP contribution in [0.2, 0.25) is 0 Å². The summed E-state index contributed by atoms with van der Waals surface area (Å²) in [5.41, 5.74) is 10.5. The number of aliphatic hydroxyl groups is 1. The van der Waals surface area contributed by atoms with E-state index in [-0.39, 0.29) is 24.6 Å². The summed E-state index contributed by atoms with van der Waals surface area (Å²) in [6, 6.07) is 0. The molecule has 7 nitrogen and oxygen atoms in total. The predicted molar refractivity (Wildman–Crippen MR) is 97.2 cm³/mol. The lowest BCUT2D eigenvalue weighted by Crippen LogP contribution is -2.52. The van der Waals surface area contributed by atoms with Crippen LogP contribution in [-0.4, -0.2) is 59.1 Å². The maximum Gasteiger partial charge on any atom is 0.231 e. The lowest BCUT2D eigenvalue weighted by molar-refractivity contribution is 0.324. The number of nitrogens with one attached hydrogen (secondary N) is 1. The lowest BCUT2D eigenvalue weighted by atomic mass is 9.97. The zero-order valence-corrected chi connectivity index (χ0v) is 15.9. The summed E-state index contributed by atoms with van der Waals surface area (Å²) < 4.78 is 0. The zero-order chi connectivity index (χ0) is 17.7. The molecule has 13 heteroatoms. The smallest absolute Gasteiger partial charge is 0.231 e. The Morgan fingerprint density at radius 2 is 1.04 bits per heavy atom. The van der Waals surface area contributed by atoms with Crippen molar-refractivity contribution in [3.8, 4) is 0 Å². The summed E-state index contributed by atoms with van der Waals surface area (Å²) in [6.07, 6.45) is 0. The molecule has 0 radical (unpaired) electrons. The van der Waals surface area contributed by atoms with E-state index in [0.717, 1.165) is 0 Å². The molecule has 0 spiro atoms. The van der Waals surface area contributed by atoms with E-state index in [9.17, 15) is 0 Å². The average Bonchev–Trinajstić information content (AvgIpc) is 2.49. The first kappa shape index (κ1) is 21.2. The highest BCUT2D eigenvalue weighted by Crippen LogP contribution is 2.39. The lowest BCUT2D eigenvalue weighted by Gasteiger charge is -2.37. The molecule has 1 aliphatic carbocycles. The number of aliphatic hydroxyl groups excluding tert-OH is 1. The number of nitrogens with two attached hydrogens (primary N) is 2. The SMILES string of the molecule is Cl[C@H]1[C@H](Cl)[C@@H](Cl)[C@@H](Cl)[C@H](Cl)[C@H]1Cl.Nc1nc(N)nc(NCO)n1. The molecule has 1 saturated carbocycles. The van der Waals surface area contributed by atoms with Crippen molar-refractivity contribution in [3.05, 3.63) is 0 Å². The van der Waals surface area contributed by atoms with Gasteiger partial charge in [-0.1, -0.05) is 0 Å². The van der Waals surface area contributed by atoms with Crippen LogP contribution in [0.25, 0.3) is 0 Å². The molecular formula is C10H14Cl6N6O. The highest BCUT2D eigenvalue weighted by atomic mass is 35.5. The standard InChI is InChI=1S/C6H6Cl6.C4H8N6O/c7-1-2(8)4(10)6(12)5(11)3(1)9;5-2-8-3(6)10-4(9-2)7-1-11/h1-6H;11H,1H2,(H5,5,6,7,8,9,10)/t1-,2-,3-,4+,5+,6+;. The van der Waals surface area contributed by atoms with Crippen LogP contribution in [0, 0.1) is 0 Å². The third kappa shape index (κ3) is 5.85. The highest BCUT2D eigenvalue weighted by molar-refractivity contribution is 6.45. The molecule has 23 heavy (non-hydrogen) atoms. The number of nitrogen functional groups attached to an aromatic ring is 2. The van der Waals surface area contributed by atoms with Gasteiger partial charge in [-0.15, -0.1) is 69.6 Å². The second-order valence-electron chi connectivity index (χ2n) is 4.38. The van der Waals surface area contributed by atoms with Gasteiger partial charge in [0.2, 0.25) is 17.8 Å². The molecule has 0 aromatic carbocycles. The number of rotatable bonds is 2. The van der Waals surface area contributed by atoms with E-state index < -0.39 is 32.3 Å². The fourth-order valence-corrected chi connectivity index (χ4v) is 3.94. The minimum Gasteiger partial charge on any atom is -0.376 e. The minimum absolute atomic E-state index is 0.0217. The second kappa shape index (κ2) is 9.56. The van der Waals surface area contributed by atoms with Gasteiger partial charge < -0.3 is 21.9 Å². The fourth-order valence-electron chi connectivity index (χ4n) is 1.61. The molecule has 0 bridgehead atoms. The molecule has 132 valence electrons. The van der Waals surface area contributed by atoms with Gasteiger partial charge in [-0.25, -0.2) is 0 Å². The van der Waals surface area contributed by atoms with E-state index in [1.807, 2.05) is 0 Å². The van der Waals surface area contributed by atoms with Crippen molar-refractivity contribution in [2.24, 2.45) is 0 Å². The summed E-state index contributed by atoms with van der Waals surface area (Å²) in [7, 11) is 0. The van der Waals surface area contributed by atoms with Crippen molar-refractivity contribution in [1.29, 1.82) is 0 Å². The van der Waals surface area contributed by atoms with Gasteiger partial charge in [0.15, 0.2) is 0 Å². The van der Waals surface area contributed by atoms with E-state index in [0.29, 0.717) is 0 Å². The van der Waals surface area contributed by atoms with Crippen LogP contribution in [0.15, 0.2) is 0 Å². The number of nitrogens with zero attached hydrogens (tertiary/aromatic N) is 3. The molecule has 1 aliphatic rings. The Hall–Kier alpha value is 0.110. The average molecular weight is 447 g/mol. The second-order valence-corrected chi connectivity index (χ2v) is 7.40. The molecule has 0 unspecified atom stereocenters. The summed E-state index contributed by atoms with van der Waals surface area (Å²) in [6.45, 7) is -0.275. The van der Waals surface area contributed by atoms with Crippen LogP contribution < -0.4 is 16.8 Å². The molecule has 1 aromatic heterocycles. The van der Waals surface area contributed by atoms with Gasteiger partial charge >= 0.3 is 0 Å². The predicted octanol–water partition coefficient (Wildman–Crippen LogP) is 2.04. The van der Waals surface area contributed by atoms with Gasteiger partial charge in [-0.05, 0) is 0 Å². The van der Waals surface area contributed by atoms with Gasteiger partial charge in [-0.2, -0.15) is 15.0 Å². The van der Waals surface area contributed by atoms with Crippen LogP contribution in [0.3, 0.4) is 0 Å². The van der Waals surface area contributed by atoms with Crippen molar-refractivity contribution in [2.45, 2.75) is 32.3 Å². The van der Waals surface area contributed by atoms with Gasteiger partial charge in [0.1, 0.15) is 6.73 Å². The van der Waals surface area contributed by atoms with E-state index in [4.69, 9.17) is 86.2 Å². The van der Waals surface area contributed by atoms with E-state index in [2.05, 4.69) is 20.3 Å². The van der Waals surface area contributed by atoms with Crippen LogP contribution in [0.4, 0.5) is 17.8 Å². The Morgan fingerprint density at radius 1 is 0.739 bits per heavy atom. The first-order chi connectivity index (χ1) is 10.7. The molecule has 1 fully saturated rings. The molecule has 0 saturated heterocycles. The number of hydrogen-bond acceptors (Lipinski definition) is 7. The van der Waals surface area contributed by atoms with E-state index in [1.54, 1.807) is 0 Å². The van der Waals surface area contributed by atoms with Crippen LogP contribution >= 0.6 is 69.6 Å². The minimum atomic E-state index is -0.437. The Labute approximate surface area is 162 Å². The third-order valence-electron chi connectivity index (χ3n) is 2.73. The van der Waals surface area contributed by atoms with Crippen LogP contribution in [0.1, 0.15) is 0 Å². The van der Waals surface area contributed by atoms with Crippen molar-refractivity contribution in [2.75, 3.05) is 23.5 Å². The number of aromatic nitrogens is 3. The molecular weight excluding hydrogens is 433 g/mol. The zero-order valence-electron chi connectivity index (χ0n) is 11.4. The topological polar surface area (TPSA) is 123 Å². The van der Waals surface area contributed by atoms with Crippen molar-refractivity contribution >= 4 is 87.5 Å². The maximum absolute atomic E-state index is 8.41. The van der Waals surface area contributed by atoms with Crippen molar-refractivity contribution < 1.29 is 5.11 Å². The van der Waals surface area contributed by atoms with Gasteiger partial charge in [0, 0.05) is 0 Å². The third-order valence-corrected chi connectivity index (χ3v) is 6.76. The maximum atomic E-state index is 8.41. The van der Waals surface area contributed by atoms with Crippen LogP contribution in [0.5, 0.6) is 0 Å². The summed E-state index contributed by atoms with van der Waals surface area (Å²) in [5, 5.41) is 8.21. The van der Waals surface area contributed by atoms with Gasteiger partial charge in [0.05, 0.1) is 32.3 Å². The molecule has 1 heterocycles. The van der Waals surface area contributed by atoms with Crippen LogP contribution in [-0.2, 0) is 0 Å². The monoisotopic (exact) mass is 444 g/mol. The molecule has 0 amide bonds. The largest absolute Gasteiger partial charge is 0.376 e. The molecule has 0 aliphatic heterocycles. The Bertz CT molecular complexity index is 434. The van der Waals surface area contributed by atoms with Gasteiger partial charge in [-0.3, -0.25) is 0 Å². The van der Waals surface area contributed by atoms with E-state index >= 15 is 0 Å². The fraction of sp³-hybridized carbons (Fsp3) is 0.700. The first-order valence-corrected chi connectivity index (χ1v) is 8.77. The number of halogens is 6. The Balaban J connectivity index is 0.000000231. The van der Waals surface area contributed by atoms with Crippen molar-refractivity contribution in [3.63, 3.8) is 0 Å².